The van der Waals surface area contributed by atoms with E-state index in [1.807, 2.05) is 32.0 Å². The van der Waals surface area contributed by atoms with Crippen molar-refractivity contribution in [1.82, 2.24) is 5.32 Å². The van der Waals surface area contributed by atoms with E-state index in [2.05, 4.69) is 10.6 Å². The molecule has 1 amide bonds. The molecule has 1 aromatic rings. The molecule has 0 aromatic heterocycles. The number of amides is 1. The molecule has 0 atom stereocenters. The number of aryl methyl sites for hydroxylation is 2. The molecule has 0 unspecified atom stereocenters. The molecule has 0 heterocycles. The van der Waals surface area contributed by atoms with Crippen LogP contribution in [-0.2, 0) is 4.79 Å². The predicted octanol–water partition coefficient (Wildman–Crippen LogP) is 1.99. The van der Waals surface area contributed by atoms with Crippen LogP contribution in [0.5, 0.6) is 0 Å². The Hall–Kier alpha value is -1.35. The molecule has 3 nitrogen and oxygen atoms in total. The smallest absolute Gasteiger partial charge is 0.238 e. The Balaban J connectivity index is 1.93. The average Bonchev–Trinajstić information content (AvgIpc) is 3.04. The van der Waals surface area contributed by atoms with Gasteiger partial charge in [0.05, 0.1) is 6.54 Å². The van der Waals surface area contributed by atoms with Crippen molar-refractivity contribution in [3.05, 3.63) is 29.3 Å². The zero-order valence-electron chi connectivity index (χ0n) is 9.84. The van der Waals surface area contributed by atoms with Crippen LogP contribution in [0.15, 0.2) is 18.2 Å². The molecular formula is C13H18N2O. The maximum atomic E-state index is 11.7. The Labute approximate surface area is 96.2 Å². The minimum Gasteiger partial charge on any atom is -0.324 e. The maximum Gasteiger partial charge on any atom is 0.238 e. The van der Waals surface area contributed by atoms with Crippen LogP contribution in [-0.4, -0.2) is 18.5 Å². The van der Waals surface area contributed by atoms with Crippen LogP contribution in [0.3, 0.4) is 0 Å². The van der Waals surface area contributed by atoms with E-state index in [0.29, 0.717) is 12.6 Å². The van der Waals surface area contributed by atoms with E-state index in [4.69, 9.17) is 0 Å². The lowest BCUT2D eigenvalue weighted by Crippen LogP contribution is -2.29. The van der Waals surface area contributed by atoms with Gasteiger partial charge in [-0.3, -0.25) is 4.79 Å². The van der Waals surface area contributed by atoms with Crippen molar-refractivity contribution in [1.29, 1.82) is 0 Å². The van der Waals surface area contributed by atoms with E-state index < -0.39 is 0 Å². The highest BCUT2D eigenvalue weighted by molar-refractivity contribution is 5.93. The molecular weight excluding hydrogens is 200 g/mol. The zero-order valence-corrected chi connectivity index (χ0v) is 9.84. The monoisotopic (exact) mass is 218 g/mol. The third-order valence-electron chi connectivity index (χ3n) is 2.87. The van der Waals surface area contributed by atoms with Crippen LogP contribution in [0.2, 0.25) is 0 Å². The molecule has 16 heavy (non-hydrogen) atoms. The van der Waals surface area contributed by atoms with Crippen molar-refractivity contribution < 1.29 is 4.79 Å². The molecule has 3 heteroatoms. The summed E-state index contributed by atoms with van der Waals surface area (Å²) in [6.07, 6.45) is 2.41. The number of hydrogen-bond acceptors (Lipinski definition) is 2. The highest BCUT2D eigenvalue weighted by Crippen LogP contribution is 2.20. The molecule has 2 N–H and O–H groups in total. The standard InChI is InChI=1S/C13H18N2O/c1-9-4-3-5-10(2)13(9)15-12(16)8-14-11-6-7-11/h3-5,11,14H,6-8H2,1-2H3,(H,15,16). The van der Waals surface area contributed by atoms with Crippen molar-refractivity contribution in [3.63, 3.8) is 0 Å². The van der Waals surface area contributed by atoms with Gasteiger partial charge in [-0.2, -0.15) is 0 Å². The molecule has 0 bridgehead atoms. The number of carbonyl (C=O) groups is 1. The fourth-order valence-corrected chi connectivity index (χ4v) is 1.72. The zero-order chi connectivity index (χ0) is 11.5. The minimum atomic E-state index is 0.0456. The molecule has 0 radical (unpaired) electrons. The van der Waals surface area contributed by atoms with Crippen molar-refractivity contribution in [2.45, 2.75) is 32.7 Å². The van der Waals surface area contributed by atoms with Gasteiger partial charge in [0.2, 0.25) is 5.91 Å². The predicted molar refractivity (Wildman–Crippen MR) is 65.6 cm³/mol. The SMILES string of the molecule is Cc1cccc(C)c1NC(=O)CNC1CC1. The highest BCUT2D eigenvalue weighted by atomic mass is 16.1. The summed E-state index contributed by atoms with van der Waals surface area (Å²) in [5.41, 5.74) is 3.17. The number of anilines is 1. The summed E-state index contributed by atoms with van der Waals surface area (Å²) >= 11 is 0. The van der Waals surface area contributed by atoms with Crippen LogP contribution >= 0.6 is 0 Å². The van der Waals surface area contributed by atoms with Crippen molar-refractivity contribution in [3.8, 4) is 0 Å². The van der Waals surface area contributed by atoms with Crippen LogP contribution in [0.25, 0.3) is 0 Å². The lowest BCUT2D eigenvalue weighted by Gasteiger charge is -2.11. The van der Waals surface area contributed by atoms with Gasteiger partial charge in [0.15, 0.2) is 0 Å². The summed E-state index contributed by atoms with van der Waals surface area (Å²) in [7, 11) is 0. The van der Waals surface area contributed by atoms with Gasteiger partial charge in [-0.25, -0.2) is 0 Å². The van der Waals surface area contributed by atoms with Crippen LogP contribution < -0.4 is 10.6 Å². The van der Waals surface area contributed by atoms with E-state index >= 15 is 0 Å². The first-order valence-corrected chi connectivity index (χ1v) is 5.76. The van der Waals surface area contributed by atoms with Gasteiger partial charge in [0, 0.05) is 11.7 Å². The molecule has 1 saturated carbocycles. The van der Waals surface area contributed by atoms with Crippen LogP contribution in [0.1, 0.15) is 24.0 Å². The van der Waals surface area contributed by atoms with Gasteiger partial charge in [-0.15, -0.1) is 0 Å². The van der Waals surface area contributed by atoms with Crippen LogP contribution in [0.4, 0.5) is 5.69 Å². The number of nitrogens with one attached hydrogen (secondary N) is 2. The molecule has 86 valence electrons. The molecule has 0 spiro atoms. The molecule has 1 aliphatic rings. The lowest BCUT2D eigenvalue weighted by atomic mass is 10.1. The first-order chi connectivity index (χ1) is 7.66. The molecule has 1 aliphatic carbocycles. The van der Waals surface area contributed by atoms with E-state index in [9.17, 15) is 4.79 Å². The van der Waals surface area contributed by atoms with Gasteiger partial charge in [0.1, 0.15) is 0 Å². The molecule has 1 fully saturated rings. The van der Waals surface area contributed by atoms with Gasteiger partial charge in [0.25, 0.3) is 0 Å². The Bertz CT molecular complexity index is 377. The molecule has 0 aliphatic heterocycles. The van der Waals surface area contributed by atoms with Crippen molar-refractivity contribution in [2.24, 2.45) is 0 Å². The maximum absolute atomic E-state index is 11.7. The normalized spacial score (nSPS) is 14.9. The topological polar surface area (TPSA) is 41.1 Å². The Morgan fingerprint density at radius 2 is 1.94 bits per heavy atom. The van der Waals surface area contributed by atoms with E-state index in [-0.39, 0.29) is 5.91 Å². The highest BCUT2D eigenvalue weighted by Gasteiger charge is 2.21. The Morgan fingerprint density at radius 3 is 2.50 bits per heavy atom. The second-order valence-electron chi connectivity index (χ2n) is 4.47. The molecule has 0 saturated heterocycles. The summed E-state index contributed by atoms with van der Waals surface area (Å²) in [5, 5.41) is 6.16. The minimum absolute atomic E-state index is 0.0456. The third-order valence-corrected chi connectivity index (χ3v) is 2.87. The molecule has 1 aromatic carbocycles. The lowest BCUT2D eigenvalue weighted by molar-refractivity contribution is -0.115. The number of benzene rings is 1. The van der Waals surface area contributed by atoms with Crippen molar-refractivity contribution >= 4 is 11.6 Å². The van der Waals surface area contributed by atoms with Gasteiger partial charge < -0.3 is 10.6 Å². The van der Waals surface area contributed by atoms with Crippen LogP contribution in [0, 0.1) is 13.8 Å². The summed E-state index contributed by atoms with van der Waals surface area (Å²) in [6.45, 7) is 4.44. The number of rotatable bonds is 4. The first-order valence-electron chi connectivity index (χ1n) is 5.76. The number of para-hydroxylation sites is 1. The number of carbonyl (C=O) groups excluding carboxylic acids is 1. The summed E-state index contributed by atoms with van der Waals surface area (Å²) in [4.78, 5) is 11.7. The Morgan fingerprint density at radius 1 is 1.31 bits per heavy atom. The van der Waals surface area contributed by atoms with Gasteiger partial charge in [-0.05, 0) is 37.8 Å². The average molecular weight is 218 g/mol. The molecule has 2 rings (SSSR count). The third kappa shape index (κ3) is 2.83. The first kappa shape index (κ1) is 11.1. The fraction of sp³-hybridized carbons (Fsp3) is 0.462. The Kier molecular flexibility index (Phi) is 3.25. The van der Waals surface area contributed by atoms with E-state index in [1.54, 1.807) is 0 Å². The summed E-state index contributed by atoms with van der Waals surface area (Å²) < 4.78 is 0. The van der Waals surface area contributed by atoms with E-state index in [0.717, 1.165) is 16.8 Å². The largest absolute Gasteiger partial charge is 0.324 e. The second-order valence-corrected chi connectivity index (χ2v) is 4.47. The summed E-state index contributed by atoms with van der Waals surface area (Å²) in [5.74, 6) is 0.0456. The van der Waals surface area contributed by atoms with E-state index in [1.165, 1.54) is 12.8 Å². The number of hydrogen-bond donors (Lipinski definition) is 2. The summed E-state index contributed by atoms with van der Waals surface area (Å²) in [6, 6.07) is 6.60. The fourth-order valence-electron chi connectivity index (χ4n) is 1.72. The second kappa shape index (κ2) is 4.66. The quantitative estimate of drug-likeness (QED) is 0.811. The van der Waals surface area contributed by atoms with Gasteiger partial charge >= 0.3 is 0 Å². The van der Waals surface area contributed by atoms with Gasteiger partial charge in [-0.1, -0.05) is 18.2 Å². The van der Waals surface area contributed by atoms with Crippen molar-refractivity contribution in [2.75, 3.05) is 11.9 Å².